The molecule has 0 bridgehead atoms. The molecule has 2 N–H and O–H groups in total. The molecular weight excluding hydrogens is 420 g/mol. The Balaban J connectivity index is 0.000000383. The van der Waals surface area contributed by atoms with Crippen molar-refractivity contribution in [2.75, 3.05) is 6.61 Å². The molecule has 0 spiro atoms. The molecule has 2 fully saturated rings. The maximum absolute atomic E-state index is 12.2. The third-order valence-corrected chi connectivity index (χ3v) is 7.15. The van der Waals surface area contributed by atoms with Crippen molar-refractivity contribution in [2.45, 2.75) is 110 Å². The summed E-state index contributed by atoms with van der Waals surface area (Å²) in [6.45, 7) is 9.02. The minimum Gasteiger partial charge on any atom is -0.481 e. The van der Waals surface area contributed by atoms with Gasteiger partial charge in [0.05, 0.1) is 18.4 Å². The molecule has 0 aromatic rings. The predicted octanol–water partition coefficient (Wildman–Crippen LogP) is 6.62. The van der Waals surface area contributed by atoms with E-state index in [1.54, 1.807) is 0 Å². The van der Waals surface area contributed by atoms with Crippen molar-refractivity contribution in [3.8, 4) is 0 Å². The second-order valence-corrected chi connectivity index (χ2v) is 9.83. The normalized spacial score (nSPS) is 21.9. The molecule has 0 aromatic heterocycles. The summed E-state index contributed by atoms with van der Waals surface area (Å²) in [6, 6.07) is 0. The highest BCUT2D eigenvalue weighted by atomic mass is 16.5. The van der Waals surface area contributed by atoms with Crippen molar-refractivity contribution in [3.63, 3.8) is 0 Å². The number of carboxylic acids is 2. The van der Waals surface area contributed by atoms with E-state index in [0.717, 1.165) is 31.3 Å². The van der Waals surface area contributed by atoms with Gasteiger partial charge in [0.25, 0.3) is 0 Å². The molecule has 2 aliphatic carbocycles. The van der Waals surface area contributed by atoms with E-state index >= 15 is 0 Å². The SMILES string of the molecule is C=C(C(=O)OCC(CCC)CCCCC)C1CCCCC1.O=C(O)C1CCC(C(=O)O)CC1. The van der Waals surface area contributed by atoms with Gasteiger partial charge in [-0.2, -0.15) is 0 Å². The number of esters is 1. The second kappa shape index (κ2) is 16.7. The van der Waals surface area contributed by atoms with Crippen LogP contribution < -0.4 is 0 Å². The smallest absolute Gasteiger partial charge is 0.333 e. The number of hydrogen-bond acceptors (Lipinski definition) is 4. The highest BCUT2D eigenvalue weighted by molar-refractivity contribution is 5.88. The summed E-state index contributed by atoms with van der Waals surface area (Å²) >= 11 is 0. The Labute approximate surface area is 200 Å². The van der Waals surface area contributed by atoms with Gasteiger partial charge in [0, 0.05) is 5.57 Å². The molecule has 0 aromatic carbocycles. The molecule has 6 heteroatoms. The maximum atomic E-state index is 12.2. The predicted molar refractivity (Wildman–Crippen MR) is 130 cm³/mol. The Morgan fingerprint density at radius 2 is 1.33 bits per heavy atom. The monoisotopic (exact) mass is 466 g/mol. The molecule has 0 heterocycles. The highest BCUT2D eigenvalue weighted by Gasteiger charge is 2.29. The lowest BCUT2D eigenvalue weighted by molar-refractivity contribution is -0.148. The van der Waals surface area contributed by atoms with E-state index in [1.165, 1.54) is 44.9 Å². The number of carboxylic acid groups (broad SMARTS) is 2. The summed E-state index contributed by atoms with van der Waals surface area (Å²) in [6.07, 6.45) is 15.3. The molecule has 6 nitrogen and oxygen atoms in total. The van der Waals surface area contributed by atoms with E-state index < -0.39 is 11.9 Å². The number of carbonyl (C=O) groups excluding carboxylic acids is 1. The minimum atomic E-state index is -0.793. The molecule has 1 unspecified atom stereocenters. The van der Waals surface area contributed by atoms with Gasteiger partial charge >= 0.3 is 17.9 Å². The van der Waals surface area contributed by atoms with Gasteiger partial charge in [0.1, 0.15) is 0 Å². The molecule has 2 rings (SSSR count). The van der Waals surface area contributed by atoms with Crippen LogP contribution in [0.5, 0.6) is 0 Å². The van der Waals surface area contributed by atoms with Gasteiger partial charge in [-0.15, -0.1) is 0 Å². The molecule has 0 radical (unpaired) electrons. The number of aliphatic carboxylic acids is 2. The lowest BCUT2D eigenvalue weighted by atomic mass is 9.82. The fourth-order valence-corrected chi connectivity index (χ4v) is 4.89. The summed E-state index contributed by atoms with van der Waals surface area (Å²) in [5.41, 5.74) is 0.721. The van der Waals surface area contributed by atoms with Crippen LogP contribution in [0.1, 0.15) is 110 Å². The summed E-state index contributed by atoms with van der Waals surface area (Å²) in [5.74, 6) is -1.46. The minimum absolute atomic E-state index is 0.140. The Morgan fingerprint density at radius 1 is 0.788 bits per heavy atom. The van der Waals surface area contributed by atoms with Crippen LogP contribution in [0.25, 0.3) is 0 Å². The zero-order valence-corrected chi connectivity index (χ0v) is 20.9. The first-order valence-electron chi connectivity index (χ1n) is 13.1. The van der Waals surface area contributed by atoms with Gasteiger partial charge in [-0.1, -0.05) is 65.4 Å². The van der Waals surface area contributed by atoms with Crippen molar-refractivity contribution in [3.05, 3.63) is 12.2 Å². The molecule has 2 saturated carbocycles. The van der Waals surface area contributed by atoms with Crippen molar-refractivity contribution in [1.29, 1.82) is 0 Å². The van der Waals surface area contributed by atoms with Crippen molar-refractivity contribution in [2.24, 2.45) is 23.7 Å². The first-order chi connectivity index (χ1) is 15.8. The van der Waals surface area contributed by atoms with Gasteiger partial charge in [0.15, 0.2) is 0 Å². The zero-order chi connectivity index (χ0) is 24.6. The Kier molecular flexibility index (Phi) is 14.8. The van der Waals surface area contributed by atoms with E-state index in [0.29, 0.717) is 44.1 Å². The van der Waals surface area contributed by atoms with Gasteiger partial charge in [0.2, 0.25) is 0 Å². The fourth-order valence-electron chi connectivity index (χ4n) is 4.89. The first-order valence-corrected chi connectivity index (χ1v) is 13.1. The second-order valence-electron chi connectivity index (χ2n) is 9.83. The number of unbranched alkanes of at least 4 members (excludes halogenated alkanes) is 2. The molecule has 0 aliphatic heterocycles. The average molecular weight is 467 g/mol. The summed E-state index contributed by atoms with van der Waals surface area (Å²) < 4.78 is 5.56. The number of ether oxygens (including phenoxy) is 1. The van der Waals surface area contributed by atoms with Crippen LogP contribution >= 0.6 is 0 Å². The van der Waals surface area contributed by atoms with Gasteiger partial charge in [-0.05, 0) is 63.2 Å². The molecule has 33 heavy (non-hydrogen) atoms. The topological polar surface area (TPSA) is 101 Å². The van der Waals surface area contributed by atoms with Crippen LogP contribution in [-0.2, 0) is 19.1 Å². The molecule has 2 aliphatic rings. The van der Waals surface area contributed by atoms with Crippen LogP contribution in [0.15, 0.2) is 12.2 Å². The van der Waals surface area contributed by atoms with Crippen LogP contribution in [0, 0.1) is 23.7 Å². The number of carbonyl (C=O) groups is 3. The van der Waals surface area contributed by atoms with Crippen LogP contribution in [0.2, 0.25) is 0 Å². The van der Waals surface area contributed by atoms with Crippen molar-refractivity contribution >= 4 is 17.9 Å². The third-order valence-electron chi connectivity index (χ3n) is 7.15. The molecule has 1 atom stereocenters. The van der Waals surface area contributed by atoms with E-state index in [2.05, 4.69) is 20.4 Å². The van der Waals surface area contributed by atoms with E-state index in [1.807, 2.05) is 0 Å². The Hall–Kier alpha value is -1.85. The zero-order valence-electron chi connectivity index (χ0n) is 20.9. The first kappa shape index (κ1) is 29.2. The highest BCUT2D eigenvalue weighted by Crippen LogP contribution is 2.30. The van der Waals surface area contributed by atoms with E-state index in [4.69, 9.17) is 14.9 Å². The third kappa shape index (κ3) is 11.7. The standard InChI is InChI=1S/C19H34O2.C8H12O4/c1-4-6-8-12-17(11-5-2)15-21-19(20)16(3)18-13-9-7-10-14-18;9-7(10)5-1-2-6(4-3-5)8(11)12/h17-18H,3-15H2,1-2H3;5-6H,1-4H2,(H,9,10)(H,11,12). The fraction of sp³-hybridized carbons (Fsp3) is 0.815. The molecular formula is C27H46O6. The Morgan fingerprint density at radius 3 is 1.79 bits per heavy atom. The van der Waals surface area contributed by atoms with Crippen LogP contribution in [0.4, 0.5) is 0 Å². The van der Waals surface area contributed by atoms with E-state index in [9.17, 15) is 14.4 Å². The van der Waals surface area contributed by atoms with Crippen LogP contribution in [0.3, 0.4) is 0 Å². The van der Waals surface area contributed by atoms with Crippen molar-refractivity contribution in [1.82, 2.24) is 0 Å². The quantitative estimate of drug-likeness (QED) is 0.190. The van der Waals surface area contributed by atoms with Crippen LogP contribution in [-0.4, -0.2) is 34.7 Å². The van der Waals surface area contributed by atoms with E-state index in [-0.39, 0.29) is 17.8 Å². The molecule has 0 saturated heterocycles. The summed E-state index contributed by atoms with van der Waals surface area (Å²) in [7, 11) is 0. The molecule has 0 amide bonds. The van der Waals surface area contributed by atoms with Gasteiger partial charge < -0.3 is 14.9 Å². The number of hydrogen-bond donors (Lipinski definition) is 2. The van der Waals surface area contributed by atoms with Gasteiger partial charge in [-0.25, -0.2) is 4.79 Å². The summed E-state index contributed by atoms with van der Waals surface area (Å²) in [5, 5.41) is 17.2. The Bertz CT molecular complexity index is 578. The largest absolute Gasteiger partial charge is 0.481 e. The summed E-state index contributed by atoms with van der Waals surface area (Å²) in [4.78, 5) is 33.1. The lowest BCUT2D eigenvalue weighted by Crippen LogP contribution is -2.25. The van der Waals surface area contributed by atoms with Crippen molar-refractivity contribution < 1.29 is 29.3 Å². The molecule has 190 valence electrons. The average Bonchev–Trinajstić information content (AvgIpc) is 2.83. The lowest BCUT2D eigenvalue weighted by Gasteiger charge is -2.23. The maximum Gasteiger partial charge on any atom is 0.333 e. The number of rotatable bonds is 12. The van der Waals surface area contributed by atoms with Gasteiger partial charge in [-0.3, -0.25) is 9.59 Å².